The summed E-state index contributed by atoms with van der Waals surface area (Å²) in [5.41, 5.74) is 1.92. The number of anilines is 1. The Balaban J connectivity index is 1.70. The highest BCUT2D eigenvalue weighted by Crippen LogP contribution is 2.33. The van der Waals surface area contributed by atoms with Crippen molar-refractivity contribution in [2.75, 3.05) is 31.1 Å². The zero-order valence-electron chi connectivity index (χ0n) is 14.7. The van der Waals surface area contributed by atoms with Crippen molar-refractivity contribution in [1.82, 2.24) is 14.9 Å². The molecule has 1 aromatic rings. The molecule has 0 aromatic carbocycles. The Morgan fingerprint density at radius 1 is 1.29 bits per heavy atom. The van der Waals surface area contributed by atoms with Crippen molar-refractivity contribution in [3.05, 3.63) is 17.6 Å². The number of aliphatic hydroxyl groups is 1. The molecule has 0 aliphatic carbocycles. The van der Waals surface area contributed by atoms with Crippen LogP contribution in [0.3, 0.4) is 0 Å². The minimum absolute atomic E-state index is 0.204. The number of nitrogens with zero attached hydrogens (tertiary/aromatic N) is 4. The topological polar surface area (TPSA) is 69.6 Å². The Morgan fingerprint density at radius 3 is 2.92 bits per heavy atom. The van der Waals surface area contributed by atoms with Crippen molar-refractivity contribution in [2.24, 2.45) is 5.92 Å². The predicted octanol–water partition coefficient (Wildman–Crippen LogP) is 1.68. The van der Waals surface area contributed by atoms with Crippen LogP contribution in [0.15, 0.2) is 6.20 Å². The molecule has 2 aliphatic heterocycles. The van der Waals surface area contributed by atoms with Gasteiger partial charge < -0.3 is 14.9 Å². The van der Waals surface area contributed by atoms with Gasteiger partial charge in [0.1, 0.15) is 5.82 Å². The van der Waals surface area contributed by atoms with Crippen molar-refractivity contribution in [3.8, 4) is 0 Å². The number of carbonyl (C=O) groups excluding carboxylic acids is 1. The van der Waals surface area contributed by atoms with E-state index in [4.69, 9.17) is 5.11 Å². The summed E-state index contributed by atoms with van der Waals surface area (Å²) in [7, 11) is 0. The Morgan fingerprint density at radius 2 is 2.12 bits per heavy atom. The van der Waals surface area contributed by atoms with E-state index in [9.17, 15) is 4.79 Å². The molecule has 2 saturated heterocycles. The fraction of sp³-hybridized carbons (Fsp3) is 0.722. The number of hydrogen-bond donors (Lipinski definition) is 1. The van der Waals surface area contributed by atoms with Crippen LogP contribution in [-0.2, 0) is 4.79 Å². The molecular formula is C18H28N4O2. The van der Waals surface area contributed by atoms with Gasteiger partial charge in [0.15, 0.2) is 0 Å². The number of fused-ring (bicyclic) bond motifs is 1. The number of aliphatic hydroxyl groups excluding tert-OH is 1. The van der Waals surface area contributed by atoms with E-state index in [1.807, 2.05) is 20.0 Å². The van der Waals surface area contributed by atoms with Gasteiger partial charge in [-0.05, 0) is 45.4 Å². The first-order valence-electron chi connectivity index (χ1n) is 9.05. The van der Waals surface area contributed by atoms with Crippen LogP contribution in [0.25, 0.3) is 0 Å². The van der Waals surface area contributed by atoms with Gasteiger partial charge in [0.2, 0.25) is 5.91 Å². The fourth-order valence-corrected chi connectivity index (χ4v) is 4.05. The van der Waals surface area contributed by atoms with Gasteiger partial charge in [-0.25, -0.2) is 4.98 Å². The van der Waals surface area contributed by atoms with E-state index < -0.39 is 0 Å². The first-order valence-corrected chi connectivity index (χ1v) is 9.05. The molecule has 0 spiro atoms. The lowest BCUT2D eigenvalue weighted by molar-refractivity contribution is -0.139. The predicted molar refractivity (Wildman–Crippen MR) is 92.9 cm³/mol. The number of rotatable bonds is 5. The van der Waals surface area contributed by atoms with E-state index >= 15 is 0 Å². The summed E-state index contributed by atoms with van der Waals surface area (Å²) >= 11 is 0. The SMILES string of the molecule is Cc1cnc(C)c(N2CC[C@@H]3[C@@H](CCC(=O)N3CCCCO)C2)n1. The molecule has 0 unspecified atom stereocenters. The minimum Gasteiger partial charge on any atom is -0.396 e. The third-order valence-corrected chi connectivity index (χ3v) is 5.30. The van der Waals surface area contributed by atoms with Gasteiger partial charge >= 0.3 is 0 Å². The molecule has 0 radical (unpaired) electrons. The monoisotopic (exact) mass is 332 g/mol. The van der Waals surface area contributed by atoms with Gasteiger partial charge in [-0.1, -0.05) is 0 Å². The standard InChI is InChI=1S/C18H28N4O2/c1-13-11-19-14(2)18(20-13)21-9-7-16-15(12-21)5-6-17(24)22(16)8-3-4-10-23/h11,15-16,23H,3-10,12H2,1-2H3/t15-,16+/m0/s1. The van der Waals surface area contributed by atoms with Gasteiger partial charge in [-0.15, -0.1) is 0 Å². The normalized spacial score (nSPS) is 24.2. The van der Waals surface area contributed by atoms with Crippen LogP contribution < -0.4 is 4.90 Å². The maximum Gasteiger partial charge on any atom is 0.222 e. The molecule has 1 aromatic heterocycles. The Hall–Kier alpha value is -1.69. The summed E-state index contributed by atoms with van der Waals surface area (Å²) < 4.78 is 0. The van der Waals surface area contributed by atoms with Crippen LogP contribution in [0.4, 0.5) is 5.82 Å². The zero-order valence-corrected chi connectivity index (χ0v) is 14.7. The van der Waals surface area contributed by atoms with Gasteiger partial charge in [-0.3, -0.25) is 9.78 Å². The summed E-state index contributed by atoms with van der Waals surface area (Å²) in [5.74, 6) is 1.79. The van der Waals surface area contributed by atoms with Crippen molar-refractivity contribution in [2.45, 2.75) is 52.0 Å². The number of aryl methyl sites for hydroxylation is 2. The third-order valence-electron chi connectivity index (χ3n) is 5.30. The molecule has 3 rings (SSSR count). The van der Waals surface area contributed by atoms with Crippen LogP contribution >= 0.6 is 0 Å². The quantitative estimate of drug-likeness (QED) is 0.831. The molecule has 0 saturated carbocycles. The van der Waals surface area contributed by atoms with Crippen molar-refractivity contribution >= 4 is 11.7 Å². The van der Waals surface area contributed by atoms with Gasteiger partial charge in [0, 0.05) is 44.9 Å². The van der Waals surface area contributed by atoms with Crippen molar-refractivity contribution in [3.63, 3.8) is 0 Å². The van der Waals surface area contributed by atoms with Crippen molar-refractivity contribution < 1.29 is 9.90 Å². The second-order valence-electron chi connectivity index (χ2n) is 7.04. The van der Waals surface area contributed by atoms with E-state index in [-0.39, 0.29) is 12.5 Å². The molecule has 1 N–H and O–H groups in total. The van der Waals surface area contributed by atoms with Crippen LogP contribution in [0.1, 0.15) is 43.5 Å². The maximum absolute atomic E-state index is 12.3. The summed E-state index contributed by atoms with van der Waals surface area (Å²) in [4.78, 5) is 25.9. The molecule has 6 heteroatoms. The molecule has 24 heavy (non-hydrogen) atoms. The average Bonchev–Trinajstić information content (AvgIpc) is 2.59. The Labute approximate surface area is 143 Å². The Bertz CT molecular complexity index is 592. The molecular weight excluding hydrogens is 304 g/mol. The lowest BCUT2D eigenvalue weighted by atomic mass is 9.83. The van der Waals surface area contributed by atoms with Crippen molar-refractivity contribution in [1.29, 1.82) is 0 Å². The highest BCUT2D eigenvalue weighted by Gasteiger charge is 2.39. The Kier molecular flexibility index (Phi) is 5.33. The summed E-state index contributed by atoms with van der Waals surface area (Å²) in [6.45, 7) is 6.85. The average molecular weight is 332 g/mol. The molecule has 1 amide bonds. The highest BCUT2D eigenvalue weighted by molar-refractivity contribution is 5.77. The van der Waals surface area contributed by atoms with E-state index in [0.29, 0.717) is 18.4 Å². The van der Waals surface area contributed by atoms with E-state index in [0.717, 1.165) is 62.5 Å². The number of piperidine rings is 2. The lowest BCUT2D eigenvalue weighted by Gasteiger charge is -2.47. The number of aromatic nitrogens is 2. The molecule has 0 bridgehead atoms. The van der Waals surface area contributed by atoms with Gasteiger partial charge in [0.25, 0.3) is 0 Å². The lowest BCUT2D eigenvalue weighted by Crippen LogP contribution is -2.56. The van der Waals surface area contributed by atoms with E-state index in [2.05, 4.69) is 19.8 Å². The first kappa shape index (κ1) is 17.1. The van der Waals surface area contributed by atoms with Gasteiger partial charge in [-0.2, -0.15) is 0 Å². The number of amides is 1. The summed E-state index contributed by atoms with van der Waals surface area (Å²) in [5, 5.41) is 8.98. The smallest absolute Gasteiger partial charge is 0.222 e. The maximum atomic E-state index is 12.3. The number of carbonyl (C=O) groups is 1. The summed E-state index contributed by atoms with van der Waals surface area (Å²) in [6.07, 6.45) is 6.07. The van der Waals surface area contributed by atoms with Crippen LogP contribution in [0, 0.1) is 19.8 Å². The minimum atomic E-state index is 0.204. The van der Waals surface area contributed by atoms with E-state index in [1.54, 1.807) is 0 Å². The number of likely N-dealkylation sites (tertiary alicyclic amines) is 1. The zero-order chi connectivity index (χ0) is 17.1. The molecule has 2 fully saturated rings. The molecule has 3 heterocycles. The molecule has 132 valence electrons. The van der Waals surface area contributed by atoms with Gasteiger partial charge in [0.05, 0.1) is 11.4 Å². The van der Waals surface area contributed by atoms with Crippen LogP contribution in [0.2, 0.25) is 0 Å². The largest absolute Gasteiger partial charge is 0.396 e. The summed E-state index contributed by atoms with van der Waals surface area (Å²) in [6, 6.07) is 0.347. The molecule has 2 atom stereocenters. The van der Waals surface area contributed by atoms with E-state index in [1.165, 1.54) is 0 Å². The number of unbranched alkanes of at least 4 members (excludes halogenated alkanes) is 1. The molecule has 2 aliphatic rings. The van der Waals surface area contributed by atoms with Crippen LogP contribution in [-0.4, -0.2) is 58.2 Å². The molecule has 6 nitrogen and oxygen atoms in total. The third kappa shape index (κ3) is 3.53. The fourth-order valence-electron chi connectivity index (χ4n) is 4.05. The highest BCUT2D eigenvalue weighted by atomic mass is 16.3. The second-order valence-corrected chi connectivity index (χ2v) is 7.04. The first-order chi connectivity index (χ1) is 11.6. The number of hydrogen-bond acceptors (Lipinski definition) is 5. The van der Waals surface area contributed by atoms with Crippen LogP contribution in [0.5, 0.6) is 0 Å². The second kappa shape index (κ2) is 7.47.